The molecule has 1 rings (SSSR count). The zero-order valence-electron chi connectivity index (χ0n) is 16.9. The van der Waals surface area contributed by atoms with E-state index in [2.05, 4.69) is 6.92 Å². The first-order valence-electron chi connectivity index (χ1n) is 10.1. The summed E-state index contributed by atoms with van der Waals surface area (Å²) < 4.78 is 0. The van der Waals surface area contributed by atoms with Crippen LogP contribution in [0.5, 0.6) is 0 Å². The molecule has 0 bridgehead atoms. The largest absolute Gasteiger partial charge is 0.481 e. The van der Waals surface area contributed by atoms with Crippen molar-refractivity contribution < 1.29 is 24.9 Å². The van der Waals surface area contributed by atoms with Gasteiger partial charge in [-0.25, -0.2) is 0 Å². The zero-order chi connectivity index (χ0) is 20.4. The number of Topliss-reactive ketones (excluding diaryl/α,β-unsaturated/α-hetero) is 1. The van der Waals surface area contributed by atoms with E-state index in [0.717, 1.165) is 19.3 Å². The average Bonchev–Trinajstić information content (AvgIpc) is 2.86. The van der Waals surface area contributed by atoms with Crippen LogP contribution in [-0.2, 0) is 9.59 Å². The summed E-state index contributed by atoms with van der Waals surface area (Å²) in [5.74, 6) is -1.34. The van der Waals surface area contributed by atoms with E-state index in [0.29, 0.717) is 19.3 Å². The predicted octanol–water partition coefficient (Wildman–Crippen LogP) is 3.89. The Morgan fingerprint density at radius 3 is 2.63 bits per heavy atom. The molecule has 0 heterocycles. The Kier molecular flexibility index (Phi) is 9.95. The Morgan fingerprint density at radius 1 is 1.30 bits per heavy atom. The third kappa shape index (κ3) is 7.97. The monoisotopic (exact) mass is 380 g/mol. The highest BCUT2D eigenvalue weighted by molar-refractivity contribution is 5.86. The number of hydrogen-bond acceptors (Lipinski definition) is 4. The molecule has 1 aliphatic rings. The van der Waals surface area contributed by atoms with Crippen molar-refractivity contribution in [2.45, 2.75) is 84.3 Å². The minimum absolute atomic E-state index is 0.0154. The number of aliphatic carboxylic acids is 1. The van der Waals surface area contributed by atoms with Crippen LogP contribution in [0.25, 0.3) is 0 Å². The summed E-state index contributed by atoms with van der Waals surface area (Å²) >= 11 is 0. The van der Waals surface area contributed by atoms with Crippen molar-refractivity contribution >= 4 is 11.8 Å². The lowest BCUT2D eigenvalue weighted by atomic mass is 9.80. The van der Waals surface area contributed by atoms with Crippen LogP contribution >= 0.6 is 0 Å². The zero-order valence-corrected chi connectivity index (χ0v) is 16.9. The van der Waals surface area contributed by atoms with Crippen LogP contribution in [0.1, 0.15) is 72.1 Å². The number of aliphatic hydroxyl groups excluding tert-OH is 2. The molecule has 0 amide bonds. The van der Waals surface area contributed by atoms with Crippen molar-refractivity contribution in [2.75, 3.05) is 0 Å². The minimum Gasteiger partial charge on any atom is -0.481 e. The number of ketones is 1. The van der Waals surface area contributed by atoms with Gasteiger partial charge in [0.2, 0.25) is 0 Å². The molecule has 0 aromatic heterocycles. The Hall–Kier alpha value is -1.46. The van der Waals surface area contributed by atoms with Gasteiger partial charge in [0.05, 0.1) is 12.2 Å². The van der Waals surface area contributed by atoms with Gasteiger partial charge in [-0.2, -0.15) is 0 Å². The van der Waals surface area contributed by atoms with E-state index in [-0.39, 0.29) is 35.9 Å². The Balaban J connectivity index is 2.63. The molecule has 27 heavy (non-hydrogen) atoms. The van der Waals surface area contributed by atoms with E-state index in [1.165, 1.54) is 0 Å². The van der Waals surface area contributed by atoms with Crippen LogP contribution < -0.4 is 0 Å². The Morgan fingerprint density at radius 2 is 2.00 bits per heavy atom. The molecule has 0 spiro atoms. The summed E-state index contributed by atoms with van der Waals surface area (Å²) in [5.41, 5.74) is -0.244. The average molecular weight is 381 g/mol. The van der Waals surface area contributed by atoms with Gasteiger partial charge in [-0.1, -0.05) is 57.9 Å². The van der Waals surface area contributed by atoms with Crippen molar-refractivity contribution in [3.8, 4) is 0 Å². The van der Waals surface area contributed by atoms with Gasteiger partial charge in [-0.3, -0.25) is 9.59 Å². The quantitative estimate of drug-likeness (QED) is 0.353. The lowest BCUT2D eigenvalue weighted by molar-refractivity contribution is -0.137. The summed E-state index contributed by atoms with van der Waals surface area (Å²) in [7, 11) is 0. The molecule has 4 atom stereocenters. The van der Waals surface area contributed by atoms with E-state index in [1.807, 2.05) is 26.0 Å². The Bertz CT molecular complexity index is 535. The van der Waals surface area contributed by atoms with E-state index in [9.17, 15) is 19.8 Å². The Labute approximate surface area is 163 Å². The fourth-order valence-electron chi connectivity index (χ4n) is 3.53. The van der Waals surface area contributed by atoms with E-state index >= 15 is 0 Å². The lowest BCUT2D eigenvalue weighted by Gasteiger charge is -2.29. The summed E-state index contributed by atoms with van der Waals surface area (Å²) in [6.07, 6.45) is 11.2. The number of rotatable bonds is 12. The molecular formula is C22H36O5. The molecule has 1 saturated carbocycles. The van der Waals surface area contributed by atoms with Gasteiger partial charge in [-0.15, -0.1) is 0 Å². The second kappa shape index (κ2) is 11.4. The fourth-order valence-corrected chi connectivity index (χ4v) is 3.53. The van der Waals surface area contributed by atoms with E-state index in [4.69, 9.17) is 5.11 Å². The van der Waals surface area contributed by atoms with Gasteiger partial charge in [0.25, 0.3) is 0 Å². The first-order chi connectivity index (χ1) is 12.7. The number of aliphatic hydroxyl groups is 2. The number of allylic oxidation sites excluding steroid dienone is 3. The van der Waals surface area contributed by atoms with Crippen LogP contribution in [0.4, 0.5) is 0 Å². The molecule has 0 aromatic rings. The molecule has 0 aliphatic heterocycles. The van der Waals surface area contributed by atoms with E-state index in [1.54, 1.807) is 12.2 Å². The number of hydrogen-bond donors (Lipinski definition) is 3. The van der Waals surface area contributed by atoms with Crippen LogP contribution in [0.3, 0.4) is 0 Å². The van der Waals surface area contributed by atoms with Crippen LogP contribution in [0.15, 0.2) is 24.3 Å². The summed E-state index contributed by atoms with van der Waals surface area (Å²) in [4.78, 5) is 22.8. The molecular weight excluding hydrogens is 344 g/mol. The maximum absolute atomic E-state index is 12.3. The van der Waals surface area contributed by atoms with E-state index < -0.39 is 18.2 Å². The molecule has 0 unspecified atom stereocenters. The molecule has 0 aromatic carbocycles. The van der Waals surface area contributed by atoms with Crippen molar-refractivity contribution in [1.29, 1.82) is 0 Å². The second-order valence-electron chi connectivity index (χ2n) is 8.34. The number of carbonyl (C=O) groups excluding carboxylic acids is 1. The number of carboxylic acid groups (broad SMARTS) is 1. The maximum Gasteiger partial charge on any atom is 0.303 e. The fraction of sp³-hybridized carbons (Fsp3) is 0.727. The van der Waals surface area contributed by atoms with Crippen LogP contribution in [0.2, 0.25) is 0 Å². The number of carbonyl (C=O) groups is 2. The molecule has 154 valence electrons. The third-order valence-corrected chi connectivity index (χ3v) is 5.55. The van der Waals surface area contributed by atoms with Gasteiger partial charge in [-0.05, 0) is 31.1 Å². The van der Waals surface area contributed by atoms with Gasteiger partial charge < -0.3 is 15.3 Å². The summed E-state index contributed by atoms with van der Waals surface area (Å²) in [6, 6.07) is 0. The molecule has 0 radical (unpaired) electrons. The van der Waals surface area contributed by atoms with Gasteiger partial charge in [0.15, 0.2) is 0 Å². The third-order valence-electron chi connectivity index (χ3n) is 5.55. The molecule has 5 nitrogen and oxygen atoms in total. The first-order valence-corrected chi connectivity index (χ1v) is 10.1. The highest BCUT2D eigenvalue weighted by atomic mass is 16.4. The SMILES string of the molecule is CCCCC(C)(C)[C@H](O)/C=C\[C@H]1C(=O)C[C@H](O)[C@@H]1C/C=C/CCCC(=O)O. The number of carboxylic acids is 1. The lowest BCUT2D eigenvalue weighted by Crippen LogP contribution is -2.28. The molecule has 0 saturated heterocycles. The van der Waals surface area contributed by atoms with Crippen LogP contribution in [-0.4, -0.2) is 39.3 Å². The number of unbranched alkanes of at least 4 members (excludes halogenated alkanes) is 2. The second-order valence-corrected chi connectivity index (χ2v) is 8.34. The summed E-state index contributed by atoms with van der Waals surface area (Å²) in [6.45, 7) is 6.18. The van der Waals surface area contributed by atoms with Gasteiger partial charge in [0, 0.05) is 24.7 Å². The van der Waals surface area contributed by atoms with Gasteiger partial charge >= 0.3 is 5.97 Å². The molecule has 5 heteroatoms. The van der Waals surface area contributed by atoms with Crippen molar-refractivity contribution in [3.63, 3.8) is 0 Å². The van der Waals surface area contributed by atoms with Crippen molar-refractivity contribution in [2.24, 2.45) is 17.3 Å². The van der Waals surface area contributed by atoms with Gasteiger partial charge in [0.1, 0.15) is 5.78 Å². The van der Waals surface area contributed by atoms with Crippen LogP contribution in [0, 0.1) is 17.3 Å². The highest BCUT2D eigenvalue weighted by Crippen LogP contribution is 2.35. The molecule has 1 fully saturated rings. The molecule has 1 aliphatic carbocycles. The standard InChI is InChI=1S/C22H36O5/c1-4-5-14-22(2,3)20(25)13-12-17-16(18(23)15-19(17)24)10-8-6-7-9-11-21(26)27/h6,8,12-13,16-18,20,23,25H,4-5,7,9-11,14-15H2,1-3H3,(H,26,27)/b8-6+,13-12-/t16-,17-,18+,20-/m1/s1. The van der Waals surface area contributed by atoms with Crippen molar-refractivity contribution in [3.05, 3.63) is 24.3 Å². The summed E-state index contributed by atoms with van der Waals surface area (Å²) in [5, 5.41) is 29.3. The smallest absolute Gasteiger partial charge is 0.303 e. The molecule has 3 N–H and O–H groups in total. The maximum atomic E-state index is 12.3. The van der Waals surface area contributed by atoms with Crippen molar-refractivity contribution in [1.82, 2.24) is 0 Å². The highest BCUT2D eigenvalue weighted by Gasteiger charge is 2.39. The minimum atomic E-state index is -0.800. The topological polar surface area (TPSA) is 94.8 Å². The first kappa shape index (κ1) is 23.6. The normalized spacial score (nSPS) is 24.9. The predicted molar refractivity (Wildman–Crippen MR) is 106 cm³/mol.